The van der Waals surface area contributed by atoms with Crippen LogP contribution in [0, 0.1) is 0 Å². The maximum absolute atomic E-state index is 9.34. The predicted molar refractivity (Wildman–Crippen MR) is 34.3 cm³/mol. The van der Waals surface area contributed by atoms with Crippen LogP contribution in [0.1, 0.15) is 6.92 Å². The molecule has 0 aromatic carbocycles. The smallest absolute Gasteiger partial charge is 0.301 e. The average Bonchev–Trinajstić information content (AvgIpc) is 1.73. The third-order valence-corrected chi connectivity index (χ3v) is 0.129. The largest absolute Gasteiger partial charge is 0.339 e. The van der Waals surface area contributed by atoms with Gasteiger partial charge >= 0.3 is 5.97 Å². The van der Waals surface area contributed by atoms with Gasteiger partial charge in [0.05, 0.1) is 0 Å². The van der Waals surface area contributed by atoms with Gasteiger partial charge in [-0.1, -0.05) is 0 Å². The van der Waals surface area contributed by atoms with E-state index < -0.39 is 5.97 Å². The van der Waals surface area contributed by atoms with E-state index in [1.165, 1.54) is 0 Å². The lowest BCUT2D eigenvalue weighted by atomic mass is 10.9. The van der Waals surface area contributed by atoms with Crippen molar-refractivity contribution in [2.75, 3.05) is 0 Å². The van der Waals surface area contributed by atoms with Crippen LogP contribution in [-0.2, 0) is 9.68 Å². The van der Waals surface area contributed by atoms with Gasteiger partial charge in [0.25, 0.3) is 0 Å². The molecule has 0 saturated carbocycles. The maximum atomic E-state index is 9.34. The van der Waals surface area contributed by atoms with Crippen molar-refractivity contribution >= 4 is 36.3 Å². The Morgan fingerprint density at radius 2 is 2.00 bits per heavy atom. The van der Waals surface area contributed by atoms with Gasteiger partial charge in [0, 0.05) is 28.4 Å². The van der Waals surface area contributed by atoms with E-state index in [1.807, 2.05) is 0 Å². The molecule has 5 heteroatoms. The standard InChI is InChI=1S/C2H4O3.ClI/c1-2(3)5-4;1-2/h4H,1H3;. The summed E-state index contributed by atoms with van der Waals surface area (Å²) in [5.41, 5.74) is 0. The molecule has 0 radical (unpaired) electrons. The number of rotatable bonds is 0. The molecule has 44 valence electrons. The van der Waals surface area contributed by atoms with E-state index in [1.54, 1.807) is 21.5 Å². The van der Waals surface area contributed by atoms with Crippen LogP contribution in [-0.4, -0.2) is 11.2 Å². The first-order valence-corrected chi connectivity index (χ1v) is 3.97. The Kier molecular flexibility index (Phi) is 14.4. The van der Waals surface area contributed by atoms with Crippen LogP contribution in [0.2, 0.25) is 0 Å². The second kappa shape index (κ2) is 9.67. The molecule has 0 unspecified atom stereocenters. The minimum absolute atomic E-state index is 0.690. The summed E-state index contributed by atoms with van der Waals surface area (Å²) >= 11 is 1.62. The van der Waals surface area contributed by atoms with E-state index in [-0.39, 0.29) is 0 Å². The fourth-order valence-corrected chi connectivity index (χ4v) is 0. The van der Waals surface area contributed by atoms with Crippen molar-refractivity contribution in [2.24, 2.45) is 0 Å². The van der Waals surface area contributed by atoms with E-state index in [9.17, 15) is 4.79 Å². The van der Waals surface area contributed by atoms with Crippen molar-refractivity contribution in [3.8, 4) is 0 Å². The van der Waals surface area contributed by atoms with Gasteiger partial charge in [0.2, 0.25) is 0 Å². The van der Waals surface area contributed by atoms with Gasteiger partial charge in [-0.2, -0.15) is 5.26 Å². The summed E-state index contributed by atoms with van der Waals surface area (Å²) in [6.07, 6.45) is 0. The average molecular weight is 238 g/mol. The lowest BCUT2D eigenvalue weighted by Crippen LogP contribution is -1.89. The van der Waals surface area contributed by atoms with Crippen LogP contribution in [0.15, 0.2) is 0 Å². The summed E-state index contributed by atoms with van der Waals surface area (Å²) in [6.45, 7) is 1.11. The van der Waals surface area contributed by atoms with Crippen LogP contribution < -0.4 is 0 Å². The molecular weight excluding hydrogens is 234 g/mol. The molecule has 1 N–H and O–H groups in total. The highest BCUT2D eigenvalue weighted by Crippen LogP contribution is 1.79. The molecule has 7 heavy (non-hydrogen) atoms. The van der Waals surface area contributed by atoms with Crippen molar-refractivity contribution < 1.29 is 14.9 Å². The van der Waals surface area contributed by atoms with Gasteiger partial charge in [-0.3, -0.25) is 0 Å². The first-order valence-electron chi connectivity index (χ1n) is 1.23. The first-order chi connectivity index (χ1) is 3.27. The summed E-state index contributed by atoms with van der Waals surface area (Å²) in [7, 11) is 4.61. The highest BCUT2D eigenvalue weighted by atomic mass is 127. The van der Waals surface area contributed by atoms with Crippen LogP contribution in [0.4, 0.5) is 0 Å². The summed E-state index contributed by atoms with van der Waals surface area (Å²) in [6, 6.07) is 0. The summed E-state index contributed by atoms with van der Waals surface area (Å²) < 4.78 is 0. The molecule has 0 amide bonds. The monoisotopic (exact) mass is 238 g/mol. The quantitative estimate of drug-likeness (QED) is 0.396. The Hall–Kier alpha value is 0.450. The lowest BCUT2D eigenvalue weighted by Gasteiger charge is -1.76. The molecule has 3 nitrogen and oxygen atoms in total. The first kappa shape index (κ1) is 10.4. The molecule has 0 aromatic rings. The van der Waals surface area contributed by atoms with E-state index in [0.717, 1.165) is 6.92 Å². The highest BCUT2D eigenvalue weighted by Gasteiger charge is 1.79. The SMILES string of the molecule is CC(=O)OO.ClI. The molecule has 0 heterocycles. The zero-order chi connectivity index (χ0) is 6.28. The van der Waals surface area contributed by atoms with Gasteiger partial charge in [-0.25, -0.2) is 4.79 Å². The molecule has 0 rings (SSSR count). The van der Waals surface area contributed by atoms with E-state index >= 15 is 0 Å². The van der Waals surface area contributed by atoms with Crippen molar-refractivity contribution in [3.63, 3.8) is 0 Å². The third-order valence-electron chi connectivity index (χ3n) is 0.129. The molecule has 0 aromatic heterocycles. The van der Waals surface area contributed by atoms with Crippen LogP contribution in [0.25, 0.3) is 0 Å². The lowest BCUT2D eigenvalue weighted by molar-refractivity contribution is -0.231. The normalized spacial score (nSPS) is 5.71. The van der Waals surface area contributed by atoms with Crippen LogP contribution >= 0.6 is 30.4 Å². The van der Waals surface area contributed by atoms with Gasteiger partial charge in [0.15, 0.2) is 0 Å². The Morgan fingerprint density at radius 3 is 2.00 bits per heavy atom. The molecule has 0 aliphatic rings. The molecule has 0 spiro atoms. The van der Waals surface area contributed by atoms with Gasteiger partial charge < -0.3 is 4.89 Å². The van der Waals surface area contributed by atoms with Crippen molar-refractivity contribution in [3.05, 3.63) is 0 Å². The summed E-state index contributed by atoms with van der Waals surface area (Å²) in [5, 5.41) is 7.29. The maximum Gasteiger partial charge on any atom is 0.339 e. The van der Waals surface area contributed by atoms with Gasteiger partial charge in [0.1, 0.15) is 0 Å². The summed E-state index contributed by atoms with van der Waals surface area (Å²) in [4.78, 5) is 12.5. The highest BCUT2D eigenvalue weighted by molar-refractivity contribution is 14.1. The number of carbonyl (C=O) groups is 1. The van der Waals surface area contributed by atoms with Crippen molar-refractivity contribution in [1.29, 1.82) is 0 Å². The number of halogens is 2. The van der Waals surface area contributed by atoms with Crippen molar-refractivity contribution in [1.82, 2.24) is 0 Å². The Labute approximate surface area is 58.4 Å². The Bertz CT molecular complexity index is 48.2. The van der Waals surface area contributed by atoms with Crippen LogP contribution in [0.5, 0.6) is 0 Å². The second-order valence-electron chi connectivity index (χ2n) is 0.583. The Balaban J connectivity index is 0. The molecule has 0 bridgehead atoms. The minimum atomic E-state index is -0.690. The predicted octanol–water partition coefficient (Wildman–Crippen LogP) is 1.60. The molecule has 0 aliphatic carbocycles. The topological polar surface area (TPSA) is 46.5 Å². The molecule has 0 saturated heterocycles. The zero-order valence-electron chi connectivity index (χ0n) is 3.52. The second-order valence-corrected chi connectivity index (χ2v) is 0.583. The minimum Gasteiger partial charge on any atom is -0.301 e. The molecule has 0 atom stereocenters. The zero-order valence-corrected chi connectivity index (χ0v) is 6.43. The molecule has 0 fully saturated rings. The van der Waals surface area contributed by atoms with Crippen LogP contribution in [0.3, 0.4) is 0 Å². The van der Waals surface area contributed by atoms with Gasteiger partial charge in [-0.05, 0) is 8.91 Å². The van der Waals surface area contributed by atoms with E-state index in [0.29, 0.717) is 0 Å². The molecular formula is C2H4ClIO3. The van der Waals surface area contributed by atoms with E-state index in [4.69, 9.17) is 5.26 Å². The number of hydrogen-bond acceptors (Lipinski definition) is 3. The number of carbonyl (C=O) groups excluding carboxylic acids is 1. The molecule has 0 aliphatic heterocycles. The van der Waals surface area contributed by atoms with E-state index in [2.05, 4.69) is 13.8 Å². The van der Waals surface area contributed by atoms with Crippen molar-refractivity contribution in [2.45, 2.75) is 6.92 Å². The third kappa shape index (κ3) is 21.3. The number of hydrogen-bond donors (Lipinski definition) is 1. The summed E-state index contributed by atoms with van der Waals surface area (Å²) in [5.74, 6) is -0.690. The fraction of sp³-hybridized carbons (Fsp3) is 0.500. The fourth-order valence-electron chi connectivity index (χ4n) is 0. The Morgan fingerprint density at radius 1 is 1.86 bits per heavy atom. The van der Waals surface area contributed by atoms with Gasteiger partial charge in [-0.15, -0.1) is 0 Å².